The zero-order valence-corrected chi connectivity index (χ0v) is 18.1. The number of carbonyl (C=O) groups excluding carboxylic acids is 2. The summed E-state index contributed by atoms with van der Waals surface area (Å²) in [5.74, 6) is -0.488. The fraction of sp³-hybridized carbons (Fsp3) is 0.185. The van der Waals surface area contributed by atoms with Crippen LogP contribution in [0.15, 0.2) is 84.6 Å². The molecule has 0 radical (unpaired) electrons. The van der Waals surface area contributed by atoms with Crippen LogP contribution in [0, 0.1) is 13.8 Å². The summed E-state index contributed by atoms with van der Waals surface area (Å²) in [6, 6.07) is 25.6. The summed E-state index contributed by atoms with van der Waals surface area (Å²) in [6.45, 7) is 4.82. The van der Waals surface area contributed by atoms with E-state index in [0.717, 1.165) is 27.8 Å². The van der Waals surface area contributed by atoms with E-state index in [1.807, 2.05) is 98.6 Å². The second kappa shape index (κ2) is 8.60. The number of hydrogen-bond donors (Lipinski definition) is 0. The van der Waals surface area contributed by atoms with Gasteiger partial charge in [0, 0.05) is 13.6 Å². The van der Waals surface area contributed by atoms with Crippen molar-refractivity contribution in [1.29, 1.82) is 0 Å². The van der Waals surface area contributed by atoms with E-state index in [1.54, 1.807) is 0 Å². The van der Waals surface area contributed by atoms with Gasteiger partial charge in [-0.05, 0) is 36.1 Å². The number of amides is 2. The van der Waals surface area contributed by atoms with Crippen molar-refractivity contribution < 1.29 is 9.59 Å². The lowest BCUT2D eigenvalue weighted by molar-refractivity contribution is -0.138. The normalized spacial score (nSPS) is 13.8. The molecule has 2 amide bonds. The number of carbonyl (C=O) groups is 2. The van der Waals surface area contributed by atoms with Crippen molar-refractivity contribution in [2.75, 3.05) is 7.05 Å². The minimum atomic E-state index is -0.248. The van der Waals surface area contributed by atoms with Crippen LogP contribution in [-0.4, -0.2) is 28.7 Å². The maximum absolute atomic E-state index is 13.5. The van der Waals surface area contributed by atoms with Crippen molar-refractivity contribution in [3.63, 3.8) is 0 Å². The SMILES string of the molecule is Cc1ccc(C2=C(N(C)Cc3ccccc3)C(=O)N(Cc3ccccc3)C2=O)c(C)c1. The van der Waals surface area contributed by atoms with Crippen molar-refractivity contribution in [2.24, 2.45) is 0 Å². The molecule has 0 saturated carbocycles. The summed E-state index contributed by atoms with van der Waals surface area (Å²) in [7, 11) is 1.88. The molecule has 3 aromatic carbocycles. The Morgan fingerprint density at radius 1 is 0.774 bits per heavy atom. The van der Waals surface area contributed by atoms with Gasteiger partial charge in [-0.2, -0.15) is 0 Å². The molecule has 4 rings (SSSR count). The Balaban J connectivity index is 1.77. The van der Waals surface area contributed by atoms with Gasteiger partial charge in [0.25, 0.3) is 11.8 Å². The Morgan fingerprint density at radius 2 is 1.39 bits per heavy atom. The lowest BCUT2D eigenvalue weighted by atomic mass is 9.97. The topological polar surface area (TPSA) is 40.6 Å². The maximum atomic E-state index is 13.5. The third-order valence-electron chi connectivity index (χ3n) is 5.62. The second-order valence-corrected chi connectivity index (χ2v) is 8.07. The van der Waals surface area contributed by atoms with Crippen molar-refractivity contribution in [3.05, 3.63) is 112 Å². The van der Waals surface area contributed by atoms with Crippen molar-refractivity contribution in [2.45, 2.75) is 26.9 Å². The van der Waals surface area contributed by atoms with E-state index in [2.05, 4.69) is 6.07 Å². The number of likely N-dealkylation sites (N-methyl/N-ethyl adjacent to an activating group) is 1. The molecule has 0 aliphatic carbocycles. The van der Waals surface area contributed by atoms with Gasteiger partial charge in [0.2, 0.25) is 0 Å². The predicted octanol–water partition coefficient (Wildman–Crippen LogP) is 4.72. The molecule has 156 valence electrons. The van der Waals surface area contributed by atoms with Crippen LogP contribution in [0.25, 0.3) is 5.57 Å². The summed E-state index contributed by atoms with van der Waals surface area (Å²) in [5.41, 5.74) is 5.88. The highest BCUT2D eigenvalue weighted by atomic mass is 16.2. The predicted molar refractivity (Wildman–Crippen MR) is 123 cm³/mol. The molecule has 1 aliphatic heterocycles. The van der Waals surface area contributed by atoms with E-state index in [9.17, 15) is 9.59 Å². The fourth-order valence-corrected chi connectivity index (χ4v) is 4.10. The highest BCUT2D eigenvalue weighted by Crippen LogP contribution is 2.34. The molecule has 0 aromatic heterocycles. The summed E-state index contributed by atoms with van der Waals surface area (Å²) >= 11 is 0. The van der Waals surface area contributed by atoms with Gasteiger partial charge in [-0.15, -0.1) is 0 Å². The van der Waals surface area contributed by atoms with Crippen LogP contribution in [0.2, 0.25) is 0 Å². The van der Waals surface area contributed by atoms with Crippen molar-refractivity contribution in [3.8, 4) is 0 Å². The molecule has 1 aliphatic rings. The van der Waals surface area contributed by atoms with Crippen LogP contribution in [0.3, 0.4) is 0 Å². The van der Waals surface area contributed by atoms with Crippen molar-refractivity contribution >= 4 is 17.4 Å². The van der Waals surface area contributed by atoms with Crippen LogP contribution in [-0.2, 0) is 22.7 Å². The Hall–Kier alpha value is -3.66. The molecule has 0 saturated heterocycles. The quantitative estimate of drug-likeness (QED) is 0.553. The number of nitrogens with zero attached hydrogens (tertiary/aromatic N) is 2. The molecule has 0 N–H and O–H groups in total. The third kappa shape index (κ3) is 4.15. The minimum Gasteiger partial charge on any atom is -0.365 e. The highest BCUT2D eigenvalue weighted by molar-refractivity contribution is 6.35. The van der Waals surface area contributed by atoms with Gasteiger partial charge in [-0.3, -0.25) is 14.5 Å². The molecule has 1 heterocycles. The zero-order valence-electron chi connectivity index (χ0n) is 18.1. The molecule has 4 nitrogen and oxygen atoms in total. The molecule has 0 bridgehead atoms. The van der Waals surface area contributed by atoms with E-state index in [1.165, 1.54) is 4.90 Å². The largest absolute Gasteiger partial charge is 0.365 e. The van der Waals surface area contributed by atoms with Crippen LogP contribution >= 0.6 is 0 Å². The van der Waals surface area contributed by atoms with E-state index < -0.39 is 0 Å². The molecular formula is C27H26N2O2. The number of aryl methyl sites for hydroxylation is 2. The monoisotopic (exact) mass is 410 g/mol. The first-order chi connectivity index (χ1) is 15.0. The summed E-state index contributed by atoms with van der Waals surface area (Å²) < 4.78 is 0. The van der Waals surface area contributed by atoms with Crippen LogP contribution in [0.1, 0.15) is 27.8 Å². The van der Waals surface area contributed by atoms with E-state index in [0.29, 0.717) is 17.8 Å². The smallest absolute Gasteiger partial charge is 0.278 e. The van der Waals surface area contributed by atoms with Gasteiger partial charge >= 0.3 is 0 Å². The molecular weight excluding hydrogens is 384 g/mol. The summed E-state index contributed by atoms with van der Waals surface area (Å²) in [6.07, 6.45) is 0. The van der Waals surface area contributed by atoms with Gasteiger partial charge in [-0.25, -0.2) is 0 Å². The first-order valence-corrected chi connectivity index (χ1v) is 10.4. The molecule has 0 atom stereocenters. The van der Waals surface area contributed by atoms with Gasteiger partial charge < -0.3 is 4.90 Å². The van der Waals surface area contributed by atoms with E-state index in [-0.39, 0.29) is 18.4 Å². The molecule has 31 heavy (non-hydrogen) atoms. The first-order valence-electron chi connectivity index (χ1n) is 10.4. The number of rotatable bonds is 6. The van der Waals surface area contributed by atoms with Crippen LogP contribution in [0.4, 0.5) is 0 Å². The number of imide groups is 1. The average molecular weight is 411 g/mol. The van der Waals surface area contributed by atoms with Gasteiger partial charge in [0.1, 0.15) is 5.70 Å². The first kappa shape index (κ1) is 20.6. The van der Waals surface area contributed by atoms with E-state index >= 15 is 0 Å². The summed E-state index contributed by atoms with van der Waals surface area (Å²) in [4.78, 5) is 30.3. The third-order valence-corrected chi connectivity index (χ3v) is 5.62. The molecule has 3 aromatic rings. The van der Waals surface area contributed by atoms with Gasteiger partial charge in [0.05, 0.1) is 12.1 Å². The number of benzene rings is 3. The zero-order chi connectivity index (χ0) is 22.0. The molecule has 0 unspecified atom stereocenters. The molecule has 4 heteroatoms. The number of hydrogen-bond acceptors (Lipinski definition) is 3. The van der Waals surface area contributed by atoms with Crippen LogP contribution in [0.5, 0.6) is 0 Å². The van der Waals surface area contributed by atoms with Gasteiger partial charge in [-0.1, -0.05) is 84.4 Å². The van der Waals surface area contributed by atoms with Crippen molar-refractivity contribution in [1.82, 2.24) is 9.80 Å². The molecule has 0 fully saturated rings. The van der Waals surface area contributed by atoms with E-state index in [4.69, 9.17) is 0 Å². The maximum Gasteiger partial charge on any atom is 0.278 e. The Labute approximate surface area is 183 Å². The Morgan fingerprint density at radius 3 is 2.00 bits per heavy atom. The Kier molecular flexibility index (Phi) is 5.72. The standard InChI is InChI=1S/C27H26N2O2/c1-19-14-15-23(20(2)16-19)24-25(28(3)17-21-10-6-4-7-11-21)27(31)29(26(24)30)18-22-12-8-5-9-13-22/h4-16H,17-18H2,1-3H3. The Bertz CT molecular complexity index is 1150. The fourth-order valence-electron chi connectivity index (χ4n) is 4.10. The molecule has 0 spiro atoms. The lowest BCUT2D eigenvalue weighted by Gasteiger charge is -2.22. The summed E-state index contributed by atoms with van der Waals surface area (Å²) in [5, 5.41) is 0. The van der Waals surface area contributed by atoms with Gasteiger partial charge in [0.15, 0.2) is 0 Å². The lowest BCUT2D eigenvalue weighted by Crippen LogP contribution is -2.33. The highest BCUT2D eigenvalue weighted by Gasteiger charge is 2.41. The average Bonchev–Trinajstić information content (AvgIpc) is 3.00. The van der Waals surface area contributed by atoms with Crippen LogP contribution < -0.4 is 0 Å². The minimum absolute atomic E-state index is 0.240. The second-order valence-electron chi connectivity index (χ2n) is 8.07.